The van der Waals surface area contributed by atoms with Gasteiger partial charge in [0.2, 0.25) is 0 Å². The van der Waals surface area contributed by atoms with Crippen molar-refractivity contribution in [2.75, 3.05) is 6.61 Å². The van der Waals surface area contributed by atoms with Crippen LogP contribution in [0.4, 0.5) is 0 Å². The van der Waals surface area contributed by atoms with Gasteiger partial charge in [0, 0.05) is 0 Å². The van der Waals surface area contributed by atoms with Crippen LogP contribution < -0.4 is 0 Å². The van der Waals surface area contributed by atoms with Gasteiger partial charge in [-0.15, -0.1) is 0 Å². The zero-order valence-electron chi connectivity index (χ0n) is 12.2. The maximum Gasteiger partial charge on any atom is 0.310 e. The zero-order valence-corrected chi connectivity index (χ0v) is 12.2. The van der Waals surface area contributed by atoms with Crippen LogP contribution in [0.5, 0.6) is 0 Å². The highest BCUT2D eigenvalue weighted by molar-refractivity contribution is 5.76. The van der Waals surface area contributed by atoms with Crippen molar-refractivity contribution >= 4 is 5.97 Å². The van der Waals surface area contributed by atoms with Crippen LogP contribution in [0, 0.1) is 11.8 Å². The number of cyclic esters (lactones) is 1. The molecule has 0 bridgehead atoms. The van der Waals surface area contributed by atoms with Gasteiger partial charge in [-0.05, 0) is 23.5 Å². The zero-order chi connectivity index (χ0) is 14.9. The van der Waals surface area contributed by atoms with Crippen molar-refractivity contribution in [2.24, 2.45) is 11.8 Å². The van der Waals surface area contributed by atoms with E-state index in [2.05, 4.69) is 0 Å². The third-order valence-corrected chi connectivity index (χ3v) is 4.49. The van der Waals surface area contributed by atoms with E-state index in [0.29, 0.717) is 12.5 Å². The first kappa shape index (κ1) is 13.5. The Balaban J connectivity index is 1.72. The highest BCUT2D eigenvalue weighted by Gasteiger charge is 2.48. The molecule has 1 heterocycles. The van der Waals surface area contributed by atoms with E-state index >= 15 is 0 Å². The van der Waals surface area contributed by atoms with Crippen LogP contribution in [0.3, 0.4) is 0 Å². The maximum absolute atomic E-state index is 12.3. The van der Waals surface area contributed by atoms with Crippen molar-refractivity contribution < 1.29 is 14.3 Å². The van der Waals surface area contributed by atoms with Crippen LogP contribution in [0.15, 0.2) is 60.7 Å². The summed E-state index contributed by atoms with van der Waals surface area (Å²) in [5.74, 6) is 0.279. The molecular weight excluding hydrogens is 276 g/mol. The van der Waals surface area contributed by atoms with Crippen molar-refractivity contribution in [1.82, 2.24) is 0 Å². The molecule has 2 fully saturated rings. The van der Waals surface area contributed by atoms with Crippen molar-refractivity contribution in [3.63, 3.8) is 0 Å². The molecule has 3 heteroatoms. The second kappa shape index (κ2) is 5.58. The van der Waals surface area contributed by atoms with Crippen LogP contribution in [-0.2, 0) is 14.3 Å². The van der Waals surface area contributed by atoms with Crippen LogP contribution in [-0.4, -0.2) is 12.6 Å². The number of benzene rings is 2. The Morgan fingerprint density at radius 2 is 1.41 bits per heavy atom. The van der Waals surface area contributed by atoms with Crippen LogP contribution in [0.2, 0.25) is 0 Å². The predicted octanol–water partition coefficient (Wildman–Crippen LogP) is 3.68. The number of esters is 1. The van der Waals surface area contributed by atoms with Crippen molar-refractivity contribution in [3.05, 3.63) is 71.8 Å². The molecule has 3 nitrogen and oxygen atoms in total. The standard InChI is InChI=1S/C19H18O3/c20-19-16-11-15(16)12-21-17(13-7-3-1-4-8-13)18(22-19)14-9-5-2-6-10-14/h1-10,15-18H,11-12H2/t15-,16-,17-,18-/m1/s1. The summed E-state index contributed by atoms with van der Waals surface area (Å²) in [6.45, 7) is 0.628. The molecule has 22 heavy (non-hydrogen) atoms. The average molecular weight is 294 g/mol. The maximum atomic E-state index is 12.3. The molecule has 2 aromatic carbocycles. The summed E-state index contributed by atoms with van der Waals surface area (Å²) in [5, 5.41) is 0. The van der Waals surface area contributed by atoms with E-state index in [1.54, 1.807) is 0 Å². The molecule has 2 aromatic rings. The number of carbonyl (C=O) groups is 1. The second-order valence-electron chi connectivity index (χ2n) is 6.04. The SMILES string of the molecule is O=C1O[C@H](c2ccccc2)[C@@H](c2ccccc2)OC[C@H]2C[C@@H]12. The fourth-order valence-corrected chi connectivity index (χ4v) is 3.11. The lowest BCUT2D eigenvalue weighted by molar-refractivity contribution is -0.166. The summed E-state index contributed by atoms with van der Waals surface area (Å²) in [7, 11) is 0. The van der Waals surface area contributed by atoms with Crippen molar-refractivity contribution in [1.29, 1.82) is 0 Å². The van der Waals surface area contributed by atoms with Gasteiger partial charge >= 0.3 is 5.97 Å². The summed E-state index contributed by atoms with van der Waals surface area (Å²) in [5.41, 5.74) is 2.02. The summed E-state index contributed by atoms with van der Waals surface area (Å²) in [6, 6.07) is 19.9. The molecule has 1 saturated carbocycles. The lowest BCUT2D eigenvalue weighted by Gasteiger charge is -2.29. The first-order chi connectivity index (χ1) is 10.8. The monoisotopic (exact) mass is 294 g/mol. The minimum atomic E-state index is -0.391. The fourth-order valence-electron chi connectivity index (χ4n) is 3.11. The fraction of sp³-hybridized carbons (Fsp3) is 0.316. The molecule has 0 spiro atoms. The van der Waals surface area contributed by atoms with Gasteiger partial charge in [0.05, 0.1) is 12.5 Å². The van der Waals surface area contributed by atoms with E-state index in [-0.39, 0.29) is 18.0 Å². The van der Waals surface area contributed by atoms with Gasteiger partial charge < -0.3 is 9.47 Å². The Kier molecular flexibility index (Phi) is 3.43. The number of hydrogen-bond acceptors (Lipinski definition) is 3. The number of hydrogen-bond donors (Lipinski definition) is 0. The first-order valence-corrected chi connectivity index (χ1v) is 7.75. The minimum absolute atomic E-state index is 0.0305. The van der Waals surface area contributed by atoms with Crippen LogP contribution >= 0.6 is 0 Å². The smallest absolute Gasteiger partial charge is 0.310 e. The summed E-state index contributed by atoms with van der Waals surface area (Å²) >= 11 is 0. The molecule has 0 unspecified atom stereocenters. The molecule has 112 valence electrons. The first-order valence-electron chi connectivity index (χ1n) is 7.75. The lowest BCUT2D eigenvalue weighted by Crippen LogP contribution is -2.25. The molecule has 0 radical (unpaired) electrons. The predicted molar refractivity (Wildman–Crippen MR) is 82.0 cm³/mol. The largest absolute Gasteiger partial charge is 0.454 e. The molecule has 2 aliphatic rings. The highest BCUT2D eigenvalue weighted by atomic mass is 16.6. The van der Waals surface area contributed by atoms with Crippen molar-refractivity contribution in [2.45, 2.75) is 18.6 Å². The van der Waals surface area contributed by atoms with Gasteiger partial charge in [-0.25, -0.2) is 0 Å². The lowest BCUT2D eigenvalue weighted by atomic mass is 9.97. The molecular formula is C19H18O3. The Hall–Kier alpha value is -2.13. The van der Waals surface area contributed by atoms with E-state index in [9.17, 15) is 4.79 Å². The van der Waals surface area contributed by atoms with Gasteiger partial charge in [-0.3, -0.25) is 4.79 Å². The normalized spacial score (nSPS) is 30.6. The number of rotatable bonds is 2. The van der Waals surface area contributed by atoms with Crippen molar-refractivity contribution in [3.8, 4) is 0 Å². The summed E-state index contributed by atoms with van der Waals surface area (Å²) < 4.78 is 12.0. The Morgan fingerprint density at radius 1 is 0.818 bits per heavy atom. The Labute approximate surface area is 129 Å². The quantitative estimate of drug-likeness (QED) is 0.793. The molecule has 0 amide bonds. The third kappa shape index (κ3) is 2.53. The molecule has 4 atom stereocenters. The molecule has 1 aliphatic heterocycles. The summed E-state index contributed by atoms with van der Waals surface area (Å²) in [4.78, 5) is 12.3. The molecule has 1 aliphatic carbocycles. The van der Waals surface area contributed by atoms with Gasteiger partial charge in [-0.2, -0.15) is 0 Å². The number of carbonyl (C=O) groups excluding carboxylic acids is 1. The molecule has 0 N–H and O–H groups in total. The summed E-state index contributed by atoms with van der Waals surface area (Å²) in [6.07, 6.45) is 0.244. The average Bonchev–Trinajstić information content (AvgIpc) is 3.33. The number of fused-ring (bicyclic) bond motifs is 1. The Bertz CT molecular complexity index is 653. The minimum Gasteiger partial charge on any atom is -0.454 e. The van der Waals surface area contributed by atoms with Crippen LogP contribution in [0.25, 0.3) is 0 Å². The van der Waals surface area contributed by atoms with E-state index in [0.717, 1.165) is 17.5 Å². The third-order valence-electron chi connectivity index (χ3n) is 4.49. The number of ether oxygens (including phenoxy) is 2. The van der Waals surface area contributed by atoms with Crippen LogP contribution in [0.1, 0.15) is 29.8 Å². The molecule has 0 aromatic heterocycles. The second-order valence-corrected chi connectivity index (χ2v) is 6.04. The van der Waals surface area contributed by atoms with Gasteiger partial charge in [0.25, 0.3) is 0 Å². The van der Waals surface area contributed by atoms with Gasteiger partial charge in [-0.1, -0.05) is 60.7 Å². The van der Waals surface area contributed by atoms with E-state index in [4.69, 9.17) is 9.47 Å². The van der Waals surface area contributed by atoms with Gasteiger partial charge in [0.15, 0.2) is 6.10 Å². The molecule has 1 saturated heterocycles. The van der Waals surface area contributed by atoms with E-state index in [1.807, 2.05) is 60.7 Å². The Morgan fingerprint density at radius 3 is 2.05 bits per heavy atom. The molecule has 4 rings (SSSR count). The topological polar surface area (TPSA) is 35.5 Å². The highest BCUT2D eigenvalue weighted by Crippen LogP contribution is 2.46. The van der Waals surface area contributed by atoms with E-state index in [1.165, 1.54) is 0 Å². The van der Waals surface area contributed by atoms with E-state index < -0.39 is 6.10 Å². The van der Waals surface area contributed by atoms with Gasteiger partial charge in [0.1, 0.15) is 6.10 Å².